The molecular weight excluding hydrogens is 825 g/mol. The van der Waals surface area contributed by atoms with E-state index in [9.17, 15) is 5.26 Å². The molecule has 9 aromatic carbocycles. The fourth-order valence-electron chi connectivity index (χ4n) is 9.08. The Morgan fingerprint density at radius 1 is 0.424 bits per heavy atom. The van der Waals surface area contributed by atoms with Crippen molar-refractivity contribution in [3.05, 3.63) is 223 Å². The minimum Gasteiger partial charge on any atom is -0.308 e. The number of aromatic nitrogens is 4. The van der Waals surface area contributed by atoms with Crippen LogP contribution in [0.5, 0.6) is 0 Å². The highest BCUT2D eigenvalue weighted by Gasteiger charge is 2.22. The van der Waals surface area contributed by atoms with Gasteiger partial charge in [0.25, 0.3) is 0 Å². The molecular formula is C59H34N6S. The Labute approximate surface area is 384 Å². The average molecular weight is 859 g/mol. The Bertz CT molecular complexity index is 3790. The van der Waals surface area contributed by atoms with Gasteiger partial charge in [0.1, 0.15) is 0 Å². The molecule has 0 atom stereocenters. The quantitative estimate of drug-likeness (QED) is 0.150. The van der Waals surface area contributed by atoms with E-state index in [-0.39, 0.29) is 0 Å². The van der Waals surface area contributed by atoms with E-state index in [1.165, 1.54) is 20.2 Å². The topological polar surface area (TPSA) is 71.8 Å². The number of fused-ring (bicyclic) bond motifs is 6. The summed E-state index contributed by atoms with van der Waals surface area (Å²) in [7, 11) is 0. The second-order valence-electron chi connectivity index (χ2n) is 16.2. The number of nitriles is 1. The summed E-state index contributed by atoms with van der Waals surface area (Å²) in [6, 6.07) is 73.0. The summed E-state index contributed by atoms with van der Waals surface area (Å²) in [5.41, 5.74) is 12.7. The fourth-order valence-corrected chi connectivity index (χ4v) is 10.2. The lowest BCUT2D eigenvalue weighted by Crippen LogP contribution is -2.04. The maximum absolute atomic E-state index is 9.85. The Balaban J connectivity index is 1.17. The molecule has 3 heterocycles. The third-order valence-electron chi connectivity index (χ3n) is 12.3. The summed E-state index contributed by atoms with van der Waals surface area (Å²) in [6.45, 7) is 7.75. The highest BCUT2D eigenvalue weighted by molar-refractivity contribution is 7.25. The zero-order valence-corrected chi connectivity index (χ0v) is 36.0. The highest BCUT2D eigenvalue weighted by Crippen LogP contribution is 2.42. The smallest absolute Gasteiger partial charge is 0.187 e. The molecule has 0 radical (unpaired) electrons. The van der Waals surface area contributed by atoms with Gasteiger partial charge in [-0.25, -0.2) is 19.8 Å². The molecule has 0 saturated heterocycles. The van der Waals surface area contributed by atoms with Gasteiger partial charge in [0.2, 0.25) is 0 Å². The zero-order chi connectivity index (χ0) is 44.1. The van der Waals surface area contributed by atoms with Crippen molar-refractivity contribution in [3.8, 4) is 79.3 Å². The van der Waals surface area contributed by atoms with E-state index in [0.717, 1.165) is 77.6 Å². The highest BCUT2D eigenvalue weighted by atomic mass is 32.1. The Morgan fingerprint density at radius 3 is 1.61 bits per heavy atom. The van der Waals surface area contributed by atoms with Crippen LogP contribution in [0.4, 0.5) is 5.69 Å². The number of thiophene rings is 1. The molecule has 12 aromatic rings. The SMILES string of the molecule is [C-]#[N+]c1cccc(-c2ccc3c4ccc(-c5cccc(C#N)c5)cc4n(-c4ccc(-c5ccc6c(c5)sc5ccccc56)cc4-c4nc(-c5ccccc5)nc(-c5ccccc5)n4)c3c2)c1. The molecule has 0 bridgehead atoms. The summed E-state index contributed by atoms with van der Waals surface area (Å²) in [5.74, 6) is 1.69. The van der Waals surface area contributed by atoms with Crippen molar-refractivity contribution < 1.29 is 0 Å². The standard InChI is InChI=1S/C59H34N6S/c1-61-46-19-11-18-41(31-46)44-23-27-48-47-26-22-43(40-17-10-12-37(30-40)36-60)33-53(47)65(54(48)34-44)52-29-25-42(45-24-28-50-49-20-8-9-21-55(49)66-56(50)35-45)32-51(52)59-63-57(38-13-4-2-5-14-38)62-58(64-59)39-15-6-3-7-16-39/h2-35H. The molecule has 0 fully saturated rings. The van der Waals surface area contributed by atoms with Gasteiger partial charge in [-0.3, -0.25) is 0 Å². The lowest BCUT2D eigenvalue weighted by atomic mass is 9.99. The van der Waals surface area contributed by atoms with Crippen molar-refractivity contribution in [2.75, 3.05) is 0 Å². The molecule has 3 aromatic heterocycles. The van der Waals surface area contributed by atoms with Crippen molar-refractivity contribution >= 4 is 59.0 Å². The summed E-state index contributed by atoms with van der Waals surface area (Å²) in [6.07, 6.45) is 0. The van der Waals surface area contributed by atoms with Gasteiger partial charge in [-0.2, -0.15) is 5.26 Å². The van der Waals surface area contributed by atoms with Crippen LogP contribution in [0.1, 0.15) is 5.56 Å². The van der Waals surface area contributed by atoms with Gasteiger partial charge in [-0.1, -0.05) is 152 Å². The molecule has 12 rings (SSSR count). The van der Waals surface area contributed by atoms with Crippen molar-refractivity contribution in [3.63, 3.8) is 0 Å². The molecule has 0 aliphatic rings. The van der Waals surface area contributed by atoms with E-state index in [0.29, 0.717) is 28.7 Å². The van der Waals surface area contributed by atoms with Crippen molar-refractivity contribution in [2.24, 2.45) is 0 Å². The molecule has 306 valence electrons. The van der Waals surface area contributed by atoms with Crippen LogP contribution in [0, 0.1) is 17.9 Å². The van der Waals surface area contributed by atoms with Gasteiger partial charge < -0.3 is 4.57 Å². The summed E-state index contributed by atoms with van der Waals surface area (Å²) in [4.78, 5) is 19.5. The number of hydrogen-bond acceptors (Lipinski definition) is 5. The van der Waals surface area contributed by atoms with Crippen LogP contribution in [-0.4, -0.2) is 19.5 Å². The minimum absolute atomic E-state index is 0.538. The summed E-state index contributed by atoms with van der Waals surface area (Å²) < 4.78 is 4.81. The normalized spacial score (nSPS) is 11.3. The first-order valence-electron chi connectivity index (χ1n) is 21.6. The first-order valence-corrected chi connectivity index (χ1v) is 22.4. The molecule has 0 unspecified atom stereocenters. The van der Waals surface area contributed by atoms with Crippen LogP contribution in [-0.2, 0) is 0 Å². The molecule has 0 spiro atoms. The first kappa shape index (κ1) is 38.6. The molecule has 0 saturated carbocycles. The molecule has 0 aliphatic heterocycles. The van der Waals surface area contributed by atoms with E-state index in [4.69, 9.17) is 21.5 Å². The van der Waals surface area contributed by atoms with E-state index in [1.54, 1.807) is 11.3 Å². The molecule has 0 aliphatic carbocycles. The van der Waals surface area contributed by atoms with Crippen molar-refractivity contribution in [2.45, 2.75) is 0 Å². The van der Waals surface area contributed by atoms with Gasteiger partial charge in [0.15, 0.2) is 23.2 Å². The van der Waals surface area contributed by atoms with E-state index in [2.05, 4.69) is 119 Å². The Morgan fingerprint density at radius 2 is 0.939 bits per heavy atom. The predicted molar refractivity (Wildman–Crippen MR) is 271 cm³/mol. The van der Waals surface area contributed by atoms with Crippen LogP contribution in [0.25, 0.3) is 120 Å². The molecule has 0 N–H and O–H groups in total. The monoisotopic (exact) mass is 858 g/mol. The fraction of sp³-hybridized carbons (Fsp3) is 0. The second-order valence-corrected chi connectivity index (χ2v) is 17.3. The van der Waals surface area contributed by atoms with E-state index in [1.807, 2.05) is 103 Å². The molecule has 7 heteroatoms. The van der Waals surface area contributed by atoms with Crippen LogP contribution in [0.15, 0.2) is 206 Å². The zero-order valence-electron chi connectivity index (χ0n) is 35.2. The van der Waals surface area contributed by atoms with Crippen LogP contribution < -0.4 is 0 Å². The number of benzene rings is 9. The summed E-state index contributed by atoms with van der Waals surface area (Å²) in [5, 5.41) is 14.5. The predicted octanol–water partition coefficient (Wildman–Crippen LogP) is 15.8. The van der Waals surface area contributed by atoms with Gasteiger partial charge in [0, 0.05) is 47.6 Å². The number of hydrogen-bond donors (Lipinski definition) is 0. The molecule has 6 nitrogen and oxygen atoms in total. The largest absolute Gasteiger partial charge is 0.308 e. The Kier molecular flexibility index (Phi) is 9.35. The minimum atomic E-state index is 0.538. The molecule has 0 amide bonds. The van der Waals surface area contributed by atoms with Crippen LogP contribution in [0.3, 0.4) is 0 Å². The van der Waals surface area contributed by atoms with Gasteiger partial charge >= 0.3 is 0 Å². The first-order chi connectivity index (χ1) is 32.6. The van der Waals surface area contributed by atoms with Crippen LogP contribution >= 0.6 is 11.3 Å². The summed E-state index contributed by atoms with van der Waals surface area (Å²) >= 11 is 1.81. The van der Waals surface area contributed by atoms with Gasteiger partial charge in [0.05, 0.1) is 34.9 Å². The second kappa shape index (κ2) is 16.0. The van der Waals surface area contributed by atoms with E-state index >= 15 is 0 Å². The third kappa shape index (κ3) is 6.76. The number of nitrogens with zero attached hydrogens (tertiary/aromatic N) is 6. The Hall–Kier alpha value is -9.01. The van der Waals surface area contributed by atoms with Crippen molar-refractivity contribution in [1.29, 1.82) is 5.26 Å². The number of rotatable bonds is 7. The van der Waals surface area contributed by atoms with Gasteiger partial charge in [-0.15, -0.1) is 11.3 Å². The average Bonchev–Trinajstić information content (AvgIpc) is 3.93. The van der Waals surface area contributed by atoms with Crippen molar-refractivity contribution in [1.82, 2.24) is 19.5 Å². The van der Waals surface area contributed by atoms with Crippen LogP contribution in [0.2, 0.25) is 0 Å². The maximum atomic E-state index is 9.85. The third-order valence-corrected chi connectivity index (χ3v) is 13.4. The maximum Gasteiger partial charge on any atom is 0.187 e. The van der Waals surface area contributed by atoms with E-state index < -0.39 is 0 Å². The lowest BCUT2D eigenvalue weighted by molar-refractivity contribution is 1.06. The molecule has 66 heavy (non-hydrogen) atoms. The van der Waals surface area contributed by atoms with Gasteiger partial charge in [-0.05, 0) is 88.0 Å². The lowest BCUT2D eigenvalue weighted by Gasteiger charge is -2.17.